The lowest BCUT2D eigenvalue weighted by atomic mass is 9.85. The molecule has 0 radical (unpaired) electrons. The fourth-order valence-electron chi connectivity index (χ4n) is 1.38. The molecule has 1 rings (SSSR count). The Morgan fingerprint density at radius 3 is 2.87 bits per heavy atom. The topological polar surface area (TPSA) is 24.9 Å². The summed E-state index contributed by atoms with van der Waals surface area (Å²) in [6.45, 7) is 11.4. The molecular weight excluding hydrogens is 204 g/mol. The van der Waals surface area contributed by atoms with Crippen molar-refractivity contribution in [1.29, 1.82) is 0 Å². The molecule has 0 spiro atoms. The SMILES string of the molecule is C=CC(C)(CNC(C)C)Cc1cscn1. The van der Waals surface area contributed by atoms with Gasteiger partial charge < -0.3 is 5.32 Å². The normalized spacial score (nSPS) is 15.2. The van der Waals surface area contributed by atoms with E-state index in [1.54, 1.807) is 11.3 Å². The van der Waals surface area contributed by atoms with Gasteiger partial charge in [0.05, 0.1) is 11.2 Å². The summed E-state index contributed by atoms with van der Waals surface area (Å²) >= 11 is 1.65. The molecule has 1 aromatic rings. The Bertz CT molecular complexity index is 293. The average Bonchev–Trinajstić information content (AvgIpc) is 2.67. The number of thiazole rings is 1. The third kappa shape index (κ3) is 4.14. The van der Waals surface area contributed by atoms with E-state index in [9.17, 15) is 0 Å². The summed E-state index contributed by atoms with van der Waals surface area (Å²) in [4.78, 5) is 4.32. The summed E-state index contributed by atoms with van der Waals surface area (Å²) in [5, 5.41) is 5.56. The predicted molar refractivity (Wildman–Crippen MR) is 67.3 cm³/mol. The van der Waals surface area contributed by atoms with Crippen LogP contribution in [-0.2, 0) is 6.42 Å². The largest absolute Gasteiger partial charge is 0.314 e. The van der Waals surface area contributed by atoms with Crippen LogP contribution in [0.2, 0.25) is 0 Å². The lowest BCUT2D eigenvalue weighted by Gasteiger charge is -2.26. The summed E-state index contributed by atoms with van der Waals surface area (Å²) < 4.78 is 0. The molecule has 3 heteroatoms. The molecule has 0 bridgehead atoms. The van der Waals surface area contributed by atoms with E-state index in [-0.39, 0.29) is 5.41 Å². The van der Waals surface area contributed by atoms with E-state index >= 15 is 0 Å². The van der Waals surface area contributed by atoms with Crippen molar-refractivity contribution in [2.24, 2.45) is 5.41 Å². The second-order valence-corrected chi connectivity index (χ2v) is 5.27. The monoisotopic (exact) mass is 224 g/mol. The molecule has 1 N–H and O–H groups in total. The first-order chi connectivity index (χ1) is 7.06. The Kier molecular flexibility index (Phi) is 4.48. The summed E-state index contributed by atoms with van der Waals surface area (Å²) in [6, 6.07) is 0.514. The number of rotatable bonds is 6. The van der Waals surface area contributed by atoms with Gasteiger partial charge in [-0.2, -0.15) is 0 Å². The highest BCUT2D eigenvalue weighted by Gasteiger charge is 2.21. The maximum absolute atomic E-state index is 4.32. The molecule has 15 heavy (non-hydrogen) atoms. The number of hydrogen-bond donors (Lipinski definition) is 1. The van der Waals surface area contributed by atoms with Crippen LogP contribution in [0, 0.1) is 5.41 Å². The summed E-state index contributed by atoms with van der Waals surface area (Å²) in [5.74, 6) is 0. The van der Waals surface area contributed by atoms with Gasteiger partial charge in [-0.15, -0.1) is 17.9 Å². The maximum Gasteiger partial charge on any atom is 0.0794 e. The maximum atomic E-state index is 4.32. The zero-order chi connectivity index (χ0) is 11.3. The van der Waals surface area contributed by atoms with Gasteiger partial charge in [-0.05, 0) is 0 Å². The molecule has 0 aliphatic carbocycles. The van der Waals surface area contributed by atoms with Gasteiger partial charge in [0.2, 0.25) is 0 Å². The van der Waals surface area contributed by atoms with E-state index in [1.807, 2.05) is 11.6 Å². The van der Waals surface area contributed by atoms with E-state index in [0.29, 0.717) is 6.04 Å². The third-order valence-corrected chi connectivity index (χ3v) is 3.11. The average molecular weight is 224 g/mol. The van der Waals surface area contributed by atoms with Crippen LogP contribution in [0.15, 0.2) is 23.5 Å². The summed E-state index contributed by atoms with van der Waals surface area (Å²) in [5.41, 5.74) is 3.14. The van der Waals surface area contributed by atoms with E-state index in [0.717, 1.165) is 18.7 Å². The molecule has 0 amide bonds. The minimum absolute atomic E-state index is 0.0956. The van der Waals surface area contributed by atoms with Gasteiger partial charge in [-0.25, -0.2) is 4.98 Å². The standard InChI is InChI=1S/C12H20N2S/c1-5-12(4,8-13-10(2)3)6-11-7-15-9-14-11/h5,7,9-10,13H,1,6,8H2,2-4H3. The quantitative estimate of drug-likeness (QED) is 0.752. The van der Waals surface area contributed by atoms with Gasteiger partial charge in [0.1, 0.15) is 0 Å². The van der Waals surface area contributed by atoms with Crippen LogP contribution in [-0.4, -0.2) is 17.6 Å². The number of nitrogens with zero attached hydrogens (tertiary/aromatic N) is 1. The first-order valence-electron chi connectivity index (χ1n) is 5.30. The molecule has 0 fully saturated rings. The van der Waals surface area contributed by atoms with Crippen molar-refractivity contribution in [2.45, 2.75) is 33.2 Å². The Hall–Kier alpha value is -0.670. The van der Waals surface area contributed by atoms with Crippen LogP contribution < -0.4 is 5.32 Å². The molecule has 1 unspecified atom stereocenters. The van der Waals surface area contributed by atoms with Gasteiger partial charge in [0.25, 0.3) is 0 Å². The summed E-state index contributed by atoms with van der Waals surface area (Å²) in [7, 11) is 0. The number of hydrogen-bond acceptors (Lipinski definition) is 3. The third-order valence-electron chi connectivity index (χ3n) is 2.48. The first kappa shape index (κ1) is 12.4. The highest BCUT2D eigenvalue weighted by Crippen LogP contribution is 2.23. The summed E-state index contributed by atoms with van der Waals surface area (Å²) in [6.07, 6.45) is 2.99. The van der Waals surface area contributed by atoms with Gasteiger partial charge in [0.15, 0.2) is 0 Å². The van der Waals surface area contributed by atoms with Crippen molar-refractivity contribution in [1.82, 2.24) is 10.3 Å². The molecule has 1 aromatic heterocycles. The smallest absolute Gasteiger partial charge is 0.0794 e. The van der Waals surface area contributed by atoms with Gasteiger partial charge >= 0.3 is 0 Å². The molecule has 0 aromatic carbocycles. The van der Waals surface area contributed by atoms with Crippen LogP contribution in [0.25, 0.3) is 0 Å². The molecule has 0 saturated carbocycles. The van der Waals surface area contributed by atoms with E-state index in [2.05, 4.69) is 43.0 Å². The van der Waals surface area contributed by atoms with Crippen molar-refractivity contribution in [2.75, 3.05) is 6.54 Å². The molecule has 84 valence electrons. The Morgan fingerprint density at radius 1 is 1.67 bits per heavy atom. The fraction of sp³-hybridized carbons (Fsp3) is 0.583. The Labute approximate surface area is 96.4 Å². The molecule has 1 atom stereocenters. The van der Waals surface area contributed by atoms with Crippen molar-refractivity contribution < 1.29 is 0 Å². The molecule has 1 heterocycles. The van der Waals surface area contributed by atoms with Crippen LogP contribution >= 0.6 is 11.3 Å². The Balaban J connectivity index is 2.56. The second-order valence-electron chi connectivity index (χ2n) is 4.55. The molecule has 0 saturated heterocycles. The molecular formula is C12H20N2S. The number of aromatic nitrogens is 1. The zero-order valence-corrected chi connectivity index (χ0v) is 10.6. The van der Waals surface area contributed by atoms with E-state index < -0.39 is 0 Å². The van der Waals surface area contributed by atoms with Crippen LogP contribution in [0.1, 0.15) is 26.5 Å². The van der Waals surface area contributed by atoms with Gasteiger partial charge in [-0.3, -0.25) is 0 Å². The van der Waals surface area contributed by atoms with Crippen molar-refractivity contribution in [3.63, 3.8) is 0 Å². The minimum Gasteiger partial charge on any atom is -0.314 e. The van der Waals surface area contributed by atoms with Crippen LogP contribution in [0.5, 0.6) is 0 Å². The lowest BCUT2D eigenvalue weighted by molar-refractivity contribution is 0.371. The lowest BCUT2D eigenvalue weighted by Crippen LogP contribution is -2.35. The van der Waals surface area contributed by atoms with Crippen molar-refractivity contribution in [3.05, 3.63) is 29.2 Å². The van der Waals surface area contributed by atoms with Gasteiger partial charge in [-0.1, -0.05) is 26.8 Å². The highest BCUT2D eigenvalue weighted by molar-refractivity contribution is 7.07. The number of nitrogens with one attached hydrogen (secondary N) is 1. The van der Waals surface area contributed by atoms with Gasteiger partial charge in [0, 0.05) is 29.8 Å². The predicted octanol–water partition coefficient (Wildman–Crippen LogP) is 2.88. The van der Waals surface area contributed by atoms with Crippen LogP contribution in [0.3, 0.4) is 0 Å². The minimum atomic E-state index is 0.0956. The van der Waals surface area contributed by atoms with E-state index in [1.165, 1.54) is 0 Å². The first-order valence-corrected chi connectivity index (χ1v) is 6.24. The zero-order valence-electron chi connectivity index (χ0n) is 9.79. The van der Waals surface area contributed by atoms with Crippen molar-refractivity contribution in [3.8, 4) is 0 Å². The van der Waals surface area contributed by atoms with Crippen LogP contribution in [0.4, 0.5) is 0 Å². The Morgan fingerprint density at radius 2 is 2.40 bits per heavy atom. The van der Waals surface area contributed by atoms with E-state index in [4.69, 9.17) is 0 Å². The second kappa shape index (κ2) is 5.42. The van der Waals surface area contributed by atoms with Crippen molar-refractivity contribution >= 4 is 11.3 Å². The molecule has 2 nitrogen and oxygen atoms in total. The highest BCUT2D eigenvalue weighted by atomic mass is 32.1. The molecule has 0 aliphatic heterocycles. The fourth-order valence-corrected chi connectivity index (χ4v) is 1.94. The molecule has 0 aliphatic rings.